The van der Waals surface area contributed by atoms with Gasteiger partial charge in [0.1, 0.15) is 17.3 Å². The molecule has 2 aliphatic rings. The number of hydrogen-bond acceptors (Lipinski definition) is 10. The van der Waals surface area contributed by atoms with Crippen LogP contribution in [-0.4, -0.2) is 86.5 Å². The van der Waals surface area contributed by atoms with Crippen LogP contribution < -0.4 is 15.5 Å². The number of nitrogens with zero attached hydrogens (tertiary/aromatic N) is 7. The number of rotatable bonds is 10. The molecule has 198 valence electrons. The van der Waals surface area contributed by atoms with Gasteiger partial charge in [-0.1, -0.05) is 35.5 Å². The number of hydrogen-bond donors (Lipinski definition) is 3. The molecule has 2 aromatic heterocycles. The summed E-state index contributed by atoms with van der Waals surface area (Å²) in [4.78, 5) is 14.3. The third kappa shape index (κ3) is 7.37. The number of benzene rings is 1. The van der Waals surface area contributed by atoms with Crippen molar-refractivity contribution in [3.8, 4) is 0 Å². The average Bonchev–Trinajstić information content (AvgIpc) is 3.36. The fraction of sp³-hybridized carbons (Fsp3) is 0.538. The molecule has 0 amide bonds. The maximum atomic E-state index is 9.58. The lowest BCUT2D eigenvalue weighted by Gasteiger charge is -2.33. The van der Waals surface area contributed by atoms with Crippen molar-refractivity contribution in [1.82, 2.24) is 29.9 Å². The fourth-order valence-corrected chi connectivity index (χ4v) is 4.78. The van der Waals surface area contributed by atoms with E-state index in [1.54, 1.807) is 11.6 Å². The van der Waals surface area contributed by atoms with E-state index >= 15 is 0 Å². The van der Waals surface area contributed by atoms with Crippen molar-refractivity contribution in [3.05, 3.63) is 53.9 Å². The number of aromatic nitrogens is 5. The Balaban J connectivity index is 1.22. The van der Waals surface area contributed by atoms with Crippen LogP contribution in [0.5, 0.6) is 0 Å². The second-order valence-electron chi connectivity index (χ2n) is 9.85. The summed E-state index contributed by atoms with van der Waals surface area (Å²) in [5.74, 6) is 2.28. The van der Waals surface area contributed by atoms with Crippen LogP contribution in [-0.2, 0) is 24.4 Å². The maximum Gasteiger partial charge on any atom is 0.226 e. The third-order valence-corrected chi connectivity index (χ3v) is 6.70. The molecular formula is C26H37N9O2. The molecule has 37 heavy (non-hydrogen) atoms. The summed E-state index contributed by atoms with van der Waals surface area (Å²) < 4.78 is 7.18. The predicted octanol–water partition coefficient (Wildman–Crippen LogP) is 1.97. The number of aliphatic hydroxyl groups excluding tert-OH is 1. The molecule has 1 unspecified atom stereocenters. The number of aliphatic hydroxyl groups is 1. The number of morpholine rings is 1. The van der Waals surface area contributed by atoms with Gasteiger partial charge in [0.25, 0.3) is 0 Å². The van der Waals surface area contributed by atoms with E-state index in [1.165, 1.54) is 5.56 Å². The number of nitrogens with one attached hydrogen (secondary N) is 2. The molecule has 11 nitrogen and oxygen atoms in total. The van der Waals surface area contributed by atoms with Crippen molar-refractivity contribution >= 4 is 17.6 Å². The Labute approximate surface area is 217 Å². The Bertz CT molecular complexity index is 1110. The highest BCUT2D eigenvalue weighted by Gasteiger charge is 2.21. The largest absolute Gasteiger partial charge is 0.391 e. The first-order valence-corrected chi connectivity index (χ1v) is 13.2. The van der Waals surface area contributed by atoms with Crippen molar-refractivity contribution in [2.75, 3.05) is 54.9 Å². The standard InChI is InChI=1S/C26H37N9O2/c1-20(36)17-35-19-23(31-32-35)16-27-26-29-24(15-25(30-26)34-11-13-37-14-12-34)28-22-7-9-33(10-8-22)18-21-5-3-2-4-6-21/h2-6,15,19-20,22,36H,7-14,16-18H2,1H3,(H2,27,28,29,30). The maximum absolute atomic E-state index is 9.58. The van der Waals surface area contributed by atoms with Gasteiger partial charge in [0.05, 0.1) is 38.6 Å². The minimum atomic E-state index is -0.477. The van der Waals surface area contributed by atoms with Gasteiger partial charge >= 0.3 is 0 Å². The van der Waals surface area contributed by atoms with Crippen LogP contribution in [0, 0.1) is 0 Å². The zero-order chi connectivity index (χ0) is 25.5. The van der Waals surface area contributed by atoms with Crippen LogP contribution in [0.25, 0.3) is 0 Å². The first-order valence-electron chi connectivity index (χ1n) is 13.2. The minimum absolute atomic E-state index is 0.368. The number of likely N-dealkylation sites (tertiary alicyclic amines) is 1. The quantitative estimate of drug-likeness (QED) is 0.376. The predicted molar refractivity (Wildman–Crippen MR) is 142 cm³/mol. The van der Waals surface area contributed by atoms with Crippen LogP contribution in [0.3, 0.4) is 0 Å². The highest BCUT2D eigenvalue weighted by Crippen LogP contribution is 2.23. The molecule has 3 aromatic rings. The van der Waals surface area contributed by atoms with Crippen LogP contribution >= 0.6 is 0 Å². The molecule has 3 N–H and O–H groups in total. The normalized spacial score (nSPS) is 18.1. The monoisotopic (exact) mass is 507 g/mol. The number of ether oxygens (including phenoxy) is 1. The Morgan fingerprint density at radius 2 is 1.86 bits per heavy atom. The van der Waals surface area contributed by atoms with Gasteiger partial charge in [-0.15, -0.1) is 5.10 Å². The molecule has 4 heterocycles. The van der Waals surface area contributed by atoms with Crippen molar-refractivity contribution < 1.29 is 9.84 Å². The summed E-state index contributed by atoms with van der Waals surface area (Å²) in [7, 11) is 0. The van der Waals surface area contributed by atoms with Gasteiger partial charge in [-0.2, -0.15) is 9.97 Å². The Morgan fingerprint density at radius 3 is 2.62 bits per heavy atom. The van der Waals surface area contributed by atoms with Gasteiger partial charge in [-0.25, -0.2) is 4.68 Å². The smallest absolute Gasteiger partial charge is 0.226 e. The molecule has 0 aliphatic carbocycles. The van der Waals surface area contributed by atoms with Crippen molar-refractivity contribution in [3.63, 3.8) is 0 Å². The topological polar surface area (TPSA) is 116 Å². The molecule has 1 aromatic carbocycles. The van der Waals surface area contributed by atoms with Crippen LogP contribution in [0.4, 0.5) is 17.6 Å². The SMILES string of the molecule is CC(O)Cn1cc(CNc2nc(NC3CCN(Cc4ccccc4)CC3)cc(N3CCOCC3)n2)nn1. The van der Waals surface area contributed by atoms with Crippen LogP contribution in [0.15, 0.2) is 42.6 Å². The lowest BCUT2D eigenvalue weighted by Crippen LogP contribution is -2.39. The molecule has 5 rings (SSSR count). The van der Waals surface area contributed by atoms with Gasteiger partial charge < -0.3 is 25.4 Å². The molecule has 2 fully saturated rings. The summed E-state index contributed by atoms with van der Waals surface area (Å²) in [6.45, 7) is 8.71. The summed E-state index contributed by atoms with van der Waals surface area (Å²) in [5.41, 5.74) is 2.13. The van der Waals surface area contributed by atoms with E-state index in [0.717, 1.165) is 62.9 Å². The zero-order valence-corrected chi connectivity index (χ0v) is 21.5. The van der Waals surface area contributed by atoms with Crippen molar-refractivity contribution in [1.29, 1.82) is 0 Å². The number of anilines is 3. The molecule has 2 aliphatic heterocycles. The Hall–Kier alpha value is -3.28. The van der Waals surface area contributed by atoms with Gasteiger partial charge in [-0.3, -0.25) is 4.90 Å². The molecule has 0 saturated carbocycles. The van der Waals surface area contributed by atoms with E-state index in [4.69, 9.17) is 14.7 Å². The second-order valence-corrected chi connectivity index (χ2v) is 9.85. The molecule has 0 bridgehead atoms. The minimum Gasteiger partial charge on any atom is -0.391 e. The Morgan fingerprint density at radius 1 is 1.08 bits per heavy atom. The molecule has 0 spiro atoms. The fourth-order valence-electron chi connectivity index (χ4n) is 4.78. The van der Waals surface area contributed by atoms with Crippen molar-refractivity contribution in [2.24, 2.45) is 0 Å². The van der Waals surface area contributed by atoms with E-state index in [1.807, 2.05) is 12.3 Å². The van der Waals surface area contributed by atoms with E-state index in [2.05, 4.69) is 61.1 Å². The highest BCUT2D eigenvalue weighted by atomic mass is 16.5. The van der Waals surface area contributed by atoms with Gasteiger partial charge in [0.2, 0.25) is 5.95 Å². The van der Waals surface area contributed by atoms with Gasteiger partial charge in [-0.05, 0) is 25.3 Å². The third-order valence-electron chi connectivity index (χ3n) is 6.70. The summed E-state index contributed by atoms with van der Waals surface area (Å²) in [6.07, 6.45) is 3.49. The molecule has 2 saturated heterocycles. The van der Waals surface area contributed by atoms with Crippen molar-refractivity contribution in [2.45, 2.75) is 51.5 Å². The summed E-state index contributed by atoms with van der Waals surface area (Å²) >= 11 is 0. The first kappa shape index (κ1) is 25.4. The average molecular weight is 508 g/mol. The highest BCUT2D eigenvalue weighted by molar-refractivity contribution is 5.54. The molecule has 0 radical (unpaired) electrons. The Kier molecular flexibility index (Phi) is 8.44. The summed E-state index contributed by atoms with van der Waals surface area (Å²) in [6, 6.07) is 13.1. The van der Waals surface area contributed by atoms with Crippen LogP contribution in [0.1, 0.15) is 31.0 Å². The van der Waals surface area contributed by atoms with Gasteiger partial charge in [0, 0.05) is 44.8 Å². The molecular weight excluding hydrogens is 470 g/mol. The summed E-state index contributed by atoms with van der Waals surface area (Å²) in [5, 5.41) is 24.8. The van der Waals surface area contributed by atoms with Gasteiger partial charge in [0.15, 0.2) is 0 Å². The molecule has 1 atom stereocenters. The van der Waals surface area contributed by atoms with E-state index in [9.17, 15) is 5.11 Å². The lowest BCUT2D eigenvalue weighted by atomic mass is 10.0. The first-order chi connectivity index (χ1) is 18.1. The van der Waals surface area contributed by atoms with E-state index in [-0.39, 0.29) is 0 Å². The van der Waals surface area contributed by atoms with Crippen LogP contribution in [0.2, 0.25) is 0 Å². The van der Waals surface area contributed by atoms with E-state index in [0.29, 0.717) is 38.3 Å². The zero-order valence-electron chi connectivity index (χ0n) is 21.5. The second kappa shape index (κ2) is 12.3. The molecule has 11 heteroatoms. The number of piperidine rings is 1. The van der Waals surface area contributed by atoms with E-state index < -0.39 is 6.10 Å². The lowest BCUT2D eigenvalue weighted by molar-refractivity contribution is 0.122.